The molecule has 0 saturated heterocycles. The van der Waals surface area contributed by atoms with E-state index in [4.69, 9.17) is 27.9 Å². The second-order valence-corrected chi connectivity index (χ2v) is 7.36. The molecule has 1 aromatic carbocycles. The third-order valence-corrected chi connectivity index (χ3v) is 4.17. The predicted octanol–water partition coefficient (Wildman–Crippen LogP) is 3.28. The van der Waals surface area contributed by atoms with Gasteiger partial charge in [-0.3, -0.25) is 0 Å². The topological polar surface area (TPSA) is 67.8 Å². The molecule has 1 aromatic rings. The molecule has 19 heavy (non-hydrogen) atoms. The molecule has 0 radical (unpaired) electrons. The Balaban J connectivity index is 2.50. The Kier molecular flexibility index (Phi) is 3.45. The van der Waals surface area contributed by atoms with E-state index in [1.165, 1.54) is 12.1 Å². The largest absolute Gasteiger partial charge is 0.459 e. The fraction of sp³-hybridized carbons (Fsp3) is 0.364. The highest BCUT2D eigenvalue weighted by Crippen LogP contribution is 2.35. The molecule has 0 atom stereocenters. The number of amidine groups is 1. The van der Waals surface area contributed by atoms with Crippen LogP contribution in [-0.4, -0.2) is 20.0 Å². The molecule has 2 rings (SSSR count). The van der Waals surface area contributed by atoms with Crippen molar-refractivity contribution in [3.8, 4) is 0 Å². The fourth-order valence-electron chi connectivity index (χ4n) is 1.47. The average molecular weight is 323 g/mol. The maximum Gasteiger partial charge on any atom is 0.305 e. The molecule has 0 fully saturated rings. The van der Waals surface area contributed by atoms with Crippen LogP contribution in [0.15, 0.2) is 21.4 Å². The lowest BCUT2D eigenvalue weighted by Gasteiger charge is -2.25. The van der Waals surface area contributed by atoms with Crippen LogP contribution in [0.5, 0.6) is 0 Å². The quantitative estimate of drug-likeness (QED) is 0.795. The average Bonchev–Trinajstić information content (AvgIpc) is 2.18. The van der Waals surface area contributed by atoms with Gasteiger partial charge in [0.1, 0.15) is 10.5 Å². The maximum atomic E-state index is 12.0. The van der Waals surface area contributed by atoms with Gasteiger partial charge in [0.15, 0.2) is 0 Å². The number of ether oxygens (including phenoxy) is 1. The van der Waals surface area contributed by atoms with Crippen LogP contribution in [0.4, 0.5) is 5.69 Å². The van der Waals surface area contributed by atoms with E-state index >= 15 is 0 Å². The predicted molar refractivity (Wildman–Crippen MR) is 75.5 cm³/mol. The highest BCUT2D eigenvalue weighted by molar-refractivity contribution is 7.90. The molecule has 1 aliphatic rings. The summed E-state index contributed by atoms with van der Waals surface area (Å²) in [5.74, 6) is 0. The van der Waals surface area contributed by atoms with Crippen molar-refractivity contribution < 1.29 is 13.2 Å². The first-order valence-electron chi connectivity index (χ1n) is 5.38. The molecule has 0 spiro atoms. The van der Waals surface area contributed by atoms with Gasteiger partial charge in [-0.05, 0) is 32.9 Å². The zero-order chi connectivity index (χ0) is 14.4. The maximum absolute atomic E-state index is 12.0. The summed E-state index contributed by atoms with van der Waals surface area (Å²) in [6.07, 6.45) is 0. The van der Waals surface area contributed by atoms with Crippen molar-refractivity contribution >= 4 is 44.9 Å². The monoisotopic (exact) mass is 322 g/mol. The Morgan fingerprint density at radius 2 is 1.79 bits per heavy atom. The molecule has 104 valence electrons. The molecule has 0 bridgehead atoms. The summed E-state index contributed by atoms with van der Waals surface area (Å²) in [4.78, 5) is -0.0249. The van der Waals surface area contributed by atoms with E-state index in [9.17, 15) is 8.42 Å². The Morgan fingerprint density at radius 1 is 1.21 bits per heavy atom. The molecule has 1 aliphatic heterocycles. The summed E-state index contributed by atoms with van der Waals surface area (Å²) in [6.45, 7) is 5.36. The van der Waals surface area contributed by atoms with E-state index in [0.29, 0.717) is 5.69 Å². The van der Waals surface area contributed by atoms with Crippen molar-refractivity contribution in [3.63, 3.8) is 0 Å². The lowest BCUT2D eigenvalue weighted by Crippen LogP contribution is -2.32. The van der Waals surface area contributed by atoms with E-state index in [2.05, 4.69) is 9.71 Å². The van der Waals surface area contributed by atoms with Gasteiger partial charge < -0.3 is 10.1 Å². The van der Waals surface area contributed by atoms with Gasteiger partial charge in [-0.1, -0.05) is 23.2 Å². The van der Waals surface area contributed by atoms with Crippen molar-refractivity contribution in [2.24, 2.45) is 4.40 Å². The first kappa shape index (κ1) is 14.4. The Morgan fingerprint density at radius 3 is 2.37 bits per heavy atom. The van der Waals surface area contributed by atoms with Crippen LogP contribution in [0, 0.1) is 0 Å². The highest BCUT2D eigenvalue weighted by Gasteiger charge is 2.29. The number of anilines is 1. The summed E-state index contributed by atoms with van der Waals surface area (Å²) in [6, 6.07) is 2.61. The number of halogens is 2. The molecule has 0 aromatic heterocycles. The molecule has 0 amide bonds. The summed E-state index contributed by atoms with van der Waals surface area (Å²) in [5.41, 5.74) is -0.279. The number of hydrogen-bond acceptors (Lipinski definition) is 4. The molecule has 1 N–H and O–H groups in total. The molecule has 1 heterocycles. The minimum absolute atomic E-state index is 0.0249. The van der Waals surface area contributed by atoms with Gasteiger partial charge in [0.05, 0.1) is 15.7 Å². The van der Waals surface area contributed by atoms with Crippen molar-refractivity contribution in [1.29, 1.82) is 0 Å². The molecular weight excluding hydrogens is 311 g/mol. The van der Waals surface area contributed by atoms with Gasteiger partial charge in [0, 0.05) is 0 Å². The molecule has 5 nitrogen and oxygen atoms in total. The molecule has 8 heteroatoms. The lowest BCUT2D eigenvalue weighted by molar-refractivity contribution is 0.117. The summed E-state index contributed by atoms with van der Waals surface area (Å²) >= 11 is 11.7. The highest BCUT2D eigenvalue weighted by atomic mass is 35.5. The van der Waals surface area contributed by atoms with E-state index in [1.54, 1.807) is 20.8 Å². The molecule has 0 unspecified atom stereocenters. The summed E-state index contributed by atoms with van der Waals surface area (Å²) < 4.78 is 33.0. The smallest absolute Gasteiger partial charge is 0.305 e. The van der Waals surface area contributed by atoms with Crippen molar-refractivity contribution in [2.75, 3.05) is 5.32 Å². The van der Waals surface area contributed by atoms with Gasteiger partial charge in [-0.25, -0.2) is 0 Å². The zero-order valence-corrected chi connectivity index (χ0v) is 12.8. The number of rotatable bonds is 0. The van der Waals surface area contributed by atoms with Crippen LogP contribution in [0.25, 0.3) is 0 Å². The van der Waals surface area contributed by atoms with Crippen LogP contribution in [0.1, 0.15) is 20.8 Å². The normalized spacial score (nSPS) is 17.2. The number of nitrogens with zero attached hydrogens (tertiary/aromatic N) is 1. The number of nitrogens with one attached hydrogen (secondary N) is 1. The van der Waals surface area contributed by atoms with Crippen LogP contribution in [-0.2, 0) is 14.8 Å². The van der Waals surface area contributed by atoms with Crippen molar-refractivity contribution in [3.05, 3.63) is 22.2 Å². The van der Waals surface area contributed by atoms with E-state index in [-0.39, 0.29) is 21.0 Å². The molecule has 0 saturated carbocycles. The summed E-state index contributed by atoms with van der Waals surface area (Å²) in [5, 5.41) is 3.19. The van der Waals surface area contributed by atoms with E-state index in [1.807, 2.05) is 0 Å². The molecule has 0 aliphatic carbocycles. The zero-order valence-electron chi connectivity index (χ0n) is 10.5. The van der Waals surface area contributed by atoms with Crippen molar-refractivity contribution in [1.82, 2.24) is 0 Å². The number of sulfonamides is 1. The van der Waals surface area contributed by atoms with Gasteiger partial charge in [0.25, 0.3) is 10.0 Å². The van der Waals surface area contributed by atoms with Crippen LogP contribution in [0.3, 0.4) is 0 Å². The third-order valence-electron chi connectivity index (χ3n) is 2.15. The number of benzene rings is 1. The first-order chi connectivity index (χ1) is 8.58. The van der Waals surface area contributed by atoms with Crippen LogP contribution >= 0.6 is 23.2 Å². The van der Waals surface area contributed by atoms with Gasteiger partial charge in [-0.15, -0.1) is 4.40 Å². The van der Waals surface area contributed by atoms with Gasteiger partial charge in [0.2, 0.25) is 0 Å². The first-order valence-corrected chi connectivity index (χ1v) is 7.58. The fourth-order valence-corrected chi connectivity index (χ4v) is 2.92. The van der Waals surface area contributed by atoms with Crippen LogP contribution in [0.2, 0.25) is 10.0 Å². The van der Waals surface area contributed by atoms with Crippen molar-refractivity contribution in [2.45, 2.75) is 31.3 Å². The Labute approximate surface area is 121 Å². The minimum atomic E-state index is -3.85. The standard InChI is InChI=1S/C11H12Cl2N2O3S/c1-11(2,3)18-10-14-8-4-6(12)7(13)5-9(8)19(16,17)15-10/h4-5H,1-3H3,(H,14,15). The van der Waals surface area contributed by atoms with E-state index < -0.39 is 15.6 Å². The number of hydrogen-bond donors (Lipinski definition) is 1. The Hall–Kier alpha value is -0.980. The summed E-state index contributed by atoms with van der Waals surface area (Å²) in [7, 11) is -3.85. The Bertz CT molecular complexity index is 663. The number of fused-ring (bicyclic) bond motifs is 1. The van der Waals surface area contributed by atoms with E-state index in [0.717, 1.165) is 0 Å². The second-order valence-electron chi connectivity index (χ2n) is 4.97. The van der Waals surface area contributed by atoms with Gasteiger partial charge >= 0.3 is 6.02 Å². The second kappa shape index (κ2) is 4.54. The lowest BCUT2D eigenvalue weighted by atomic mass is 10.2. The van der Waals surface area contributed by atoms with Gasteiger partial charge in [-0.2, -0.15) is 8.42 Å². The molecular formula is C11H12Cl2N2O3S. The minimum Gasteiger partial charge on any atom is -0.459 e. The SMILES string of the molecule is CC(C)(C)OC1=NS(=O)(=O)c2cc(Cl)c(Cl)cc2N1. The van der Waals surface area contributed by atoms with Crippen LogP contribution < -0.4 is 5.32 Å². The third kappa shape index (κ3) is 3.13.